The SMILES string of the molecule is CCOC(=O)CNC(=O)Nc1cccc([C@H]2O[C@@H](CSc3nnnn3C)[C@@H](C)[C@@H](c3ccc(CO)cc3)O2)c1. The highest BCUT2D eigenvalue weighted by Gasteiger charge is 2.38. The van der Waals surface area contributed by atoms with Gasteiger partial charge in [0.15, 0.2) is 6.29 Å². The summed E-state index contributed by atoms with van der Waals surface area (Å²) in [6, 6.07) is 14.3. The number of urea groups is 1. The second-order valence-electron chi connectivity index (χ2n) is 8.96. The number of esters is 1. The van der Waals surface area contributed by atoms with Gasteiger partial charge in [0, 0.05) is 30.0 Å². The molecule has 1 aliphatic heterocycles. The summed E-state index contributed by atoms with van der Waals surface area (Å²) in [4.78, 5) is 23.8. The van der Waals surface area contributed by atoms with Crippen molar-refractivity contribution < 1.29 is 28.9 Å². The Labute approximate surface area is 230 Å². The Bertz CT molecular complexity index is 1260. The molecule has 4 atom stereocenters. The summed E-state index contributed by atoms with van der Waals surface area (Å²) in [6.07, 6.45) is -1.21. The first-order valence-electron chi connectivity index (χ1n) is 12.5. The van der Waals surface area contributed by atoms with Crippen LogP contribution >= 0.6 is 11.8 Å². The van der Waals surface area contributed by atoms with E-state index in [0.717, 1.165) is 16.7 Å². The van der Waals surface area contributed by atoms with Crippen molar-refractivity contribution in [1.82, 2.24) is 25.5 Å². The minimum atomic E-state index is -0.712. The number of hydrogen-bond donors (Lipinski definition) is 3. The van der Waals surface area contributed by atoms with Gasteiger partial charge in [0.2, 0.25) is 5.16 Å². The molecule has 12 nitrogen and oxygen atoms in total. The summed E-state index contributed by atoms with van der Waals surface area (Å²) in [5.41, 5.74) is 3.02. The second-order valence-corrected chi connectivity index (χ2v) is 9.94. The summed E-state index contributed by atoms with van der Waals surface area (Å²) < 4.78 is 19.3. The smallest absolute Gasteiger partial charge is 0.325 e. The van der Waals surface area contributed by atoms with Crippen molar-refractivity contribution in [2.75, 3.05) is 24.2 Å². The lowest BCUT2D eigenvalue weighted by atomic mass is 9.91. The molecule has 1 aliphatic rings. The number of amides is 2. The maximum atomic E-state index is 12.3. The zero-order valence-corrected chi connectivity index (χ0v) is 22.8. The highest BCUT2D eigenvalue weighted by molar-refractivity contribution is 7.99. The number of thioether (sulfide) groups is 1. The predicted octanol–water partition coefficient (Wildman–Crippen LogP) is 2.97. The van der Waals surface area contributed by atoms with Crippen LogP contribution < -0.4 is 10.6 Å². The normalized spacial score (nSPS) is 20.8. The van der Waals surface area contributed by atoms with Crippen LogP contribution in [0.5, 0.6) is 0 Å². The quantitative estimate of drug-likeness (QED) is 0.251. The molecule has 0 spiro atoms. The van der Waals surface area contributed by atoms with E-state index in [1.807, 2.05) is 30.3 Å². The minimum Gasteiger partial charge on any atom is -0.465 e. The fraction of sp³-hybridized carbons (Fsp3) is 0.423. The molecule has 0 aliphatic carbocycles. The number of nitrogens with zero attached hydrogens (tertiary/aromatic N) is 4. The second kappa shape index (κ2) is 13.5. The van der Waals surface area contributed by atoms with Crippen LogP contribution in [0.25, 0.3) is 0 Å². The molecule has 0 radical (unpaired) electrons. The molecule has 1 aromatic heterocycles. The maximum Gasteiger partial charge on any atom is 0.325 e. The first-order chi connectivity index (χ1) is 18.9. The Hall–Kier alpha value is -3.52. The molecule has 0 bridgehead atoms. The molecule has 208 valence electrons. The number of aliphatic hydroxyl groups is 1. The topological polar surface area (TPSA) is 150 Å². The molecular weight excluding hydrogens is 524 g/mol. The Morgan fingerprint density at radius 1 is 1.15 bits per heavy atom. The van der Waals surface area contributed by atoms with Gasteiger partial charge >= 0.3 is 12.0 Å². The lowest BCUT2D eigenvalue weighted by Crippen LogP contribution is -2.38. The van der Waals surface area contributed by atoms with Crippen molar-refractivity contribution in [2.45, 2.75) is 44.1 Å². The van der Waals surface area contributed by atoms with Crippen molar-refractivity contribution in [3.8, 4) is 0 Å². The first-order valence-corrected chi connectivity index (χ1v) is 13.5. The van der Waals surface area contributed by atoms with E-state index < -0.39 is 18.3 Å². The zero-order chi connectivity index (χ0) is 27.8. The number of ether oxygens (including phenoxy) is 3. The van der Waals surface area contributed by atoms with E-state index in [2.05, 4.69) is 33.1 Å². The number of aliphatic hydroxyl groups excluding tert-OH is 1. The van der Waals surface area contributed by atoms with Gasteiger partial charge in [0.25, 0.3) is 0 Å². The largest absolute Gasteiger partial charge is 0.465 e. The van der Waals surface area contributed by atoms with Crippen molar-refractivity contribution in [2.24, 2.45) is 13.0 Å². The fourth-order valence-electron chi connectivity index (χ4n) is 4.11. The van der Waals surface area contributed by atoms with Crippen molar-refractivity contribution in [3.63, 3.8) is 0 Å². The molecule has 2 heterocycles. The molecule has 0 unspecified atom stereocenters. The predicted molar refractivity (Wildman–Crippen MR) is 143 cm³/mol. The van der Waals surface area contributed by atoms with Crippen LogP contribution in [0.1, 0.15) is 42.9 Å². The Balaban J connectivity index is 1.51. The number of benzene rings is 2. The zero-order valence-electron chi connectivity index (χ0n) is 21.9. The average Bonchev–Trinajstić information content (AvgIpc) is 3.36. The number of nitrogens with one attached hydrogen (secondary N) is 2. The fourth-order valence-corrected chi connectivity index (χ4v) is 5.13. The van der Waals surface area contributed by atoms with Crippen molar-refractivity contribution in [1.29, 1.82) is 0 Å². The van der Waals surface area contributed by atoms with Crippen molar-refractivity contribution >= 4 is 29.4 Å². The van der Waals surface area contributed by atoms with E-state index in [4.69, 9.17) is 14.2 Å². The van der Waals surface area contributed by atoms with Crippen LogP contribution in [-0.2, 0) is 32.7 Å². The minimum absolute atomic E-state index is 0.00937. The summed E-state index contributed by atoms with van der Waals surface area (Å²) in [7, 11) is 1.78. The van der Waals surface area contributed by atoms with Gasteiger partial charge in [-0.25, -0.2) is 9.48 Å². The Morgan fingerprint density at radius 2 is 1.95 bits per heavy atom. The Morgan fingerprint density at radius 3 is 2.64 bits per heavy atom. The van der Waals surface area contributed by atoms with Crippen LogP contribution in [0, 0.1) is 5.92 Å². The van der Waals surface area contributed by atoms with E-state index in [0.29, 0.717) is 16.6 Å². The third-order valence-electron chi connectivity index (χ3n) is 6.20. The van der Waals surface area contributed by atoms with Crippen LogP contribution in [0.4, 0.5) is 10.5 Å². The third-order valence-corrected chi connectivity index (χ3v) is 7.30. The van der Waals surface area contributed by atoms with Gasteiger partial charge < -0.3 is 30.0 Å². The molecule has 1 fully saturated rings. The molecule has 2 aromatic carbocycles. The molecule has 2 amide bonds. The lowest BCUT2D eigenvalue weighted by molar-refractivity contribution is -0.268. The first kappa shape index (κ1) is 28.5. The summed E-state index contributed by atoms with van der Waals surface area (Å²) in [5.74, 6) is 0.0674. The summed E-state index contributed by atoms with van der Waals surface area (Å²) >= 11 is 1.50. The molecule has 13 heteroatoms. The summed E-state index contributed by atoms with van der Waals surface area (Å²) in [5, 5.41) is 27.0. The number of carbonyl (C=O) groups excluding carboxylic acids is 2. The number of aryl methyl sites for hydroxylation is 1. The molecule has 4 rings (SSSR count). The lowest BCUT2D eigenvalue weighted by Gasteiger charge is -2.41. The van der Waals surface area contributed by atoms with Crippen LogP contribution in [0.2, 0.25) is 0 Å². The maximum absolute atomic E-state index is 12.3. The van der Waals surface area contributed by atoms with Gasteiger partial charge in [-0.3, -0.25) is 4.79 Å². The van der Waals surface area contributed by atoms with E-state index >= 15 is 0 Å². The van der Waals surface area contributed by atoms with E-state index in [-0.39, 0.29) is 37.9 Å². The number of anilines is 1. The highest BCUT2D eigenvalue weighted by Crippen LogP contribution is 2.43. The Kier molecular flexibility index (Phi) is 9.87. The highest BCUT2D eigenvalue weighted by atomic mass is 32.2. The number of rotatable bonds is 10. The van der Waals surface area contributed by atoms with E-state index in [9.17, 15) is 14.7 Å². The van der Waals surface area contributed by atoms with Crippen LogP contribution in [0.15, 0.2) is 53.7 Å². The number of aromatic nitrogens is 4. The third kappa shape index (κ3) is 7.53. The van der Waals surface area contributed by atoms with Gasteiger partial charge in [-0.05, 0) is 40.6 Å². The van der Waals surface area contributed by atoms with E-state index in [1.165, 1.54) is 11.8 Å². The molecule has 39 heavy (non-hydrogen) atoms. The van der Waals surface area contributed by atoms with Crippen LogP contribution in [-0.4, -0.2) is 62.3 Å². The average molecular weight is 557 g/mol. The van der Waals surface area contributed by atoms with Gasteiger partial charge in [0.05, 0.1) is 25.4 Å². The number of hydrogen-bond acceptors (Lipinski definition) is 10. The number of carbonyl (C=O) groups is 2. The summed E-state index contributed by atoms with van der Waals surface area (Å²) in [6.45, 7) is 3.75. The number of tetrazole rings is 1. The molecule has 1 saturated heterocycles. The van der Waals surface area contributed by atoms with E-state index in [1.54, 1.807) is 36.9 Å². The van der Waals surface area contributed by atoms with Gasteiger partial charge in [0.1, 0.15) is 6.54 Å². The molecule has 3 N–H and O–H groups in total. The van der Waals surface area contributed by atoms with Gasteiger partial charge in [-0.15, -0.1) is 5.10 Å². The van der Waals surface area contributed by atoms with Gasteiger partial charge in [-0.2, -0.15) is 0 Å². The van der Waals surface area contributed by atoms with Gasteiger partial charge in [-0.1, -0.05) is 55.1 Å². The standard InChI is InChI=1S/C26H32N6O6S/c1-4-36-22(34)13-27-25(35)28-20-7-5-6-19(12-20)24-37-21(15-39-26-29-30-31-32(26)3)16(2)23(38-24)18-10-8-17(14-33)9-11-18/h5-12,16,21,23-24,33H,4,13-15H2,1-3H3,(H2,27,28,35)/t16-,21+,23+,24+/m1/s1. The monoisotopic (exact) mass is 556 g/mol. The molecular formula is C26H32N6O6S. The van der Waals surface area contributed by atoms with Crippen molar-refractivity contribution in [3.05, 3.63) is 65.2 Å². The van der Waals surface area contributed by atoms with Crippen LogP contribution in [0.3, 0.4) is 0 Å². The molecule has 3 aromatic rings. The molecule has 0 saturated carbocycles.